The van der Waals surface area contributed by atoms with Crippen LogP contribution >= 0.6 is 0 Å². The van der Waals surface area contributed by atoms with E-state index >= 15 is 0 Å². The number of hydrogen-bond donors (Lipinski definition) is 1. The first kappa shape index (κ1) is 16.2. The van der Waals surface area contributed by atoms with E-state index in [0.717, 1.165) is 24.2 Å². The molecule has 0 bridgehead atoms. The van der Waals surface area contributed by atoms with Gasteiger partial charge in [0.25, 0.3) is 5.91 Å². The van der Waals surface area contributed by atoms with Gasteiger partial charge in [0.15, 0.2) is 0 Å². The van der Waals surface area contributed by atoms with Crippen molar-refractivity contribution >= 4 is 5.91 Å². The highest BCUT2D eigenvalue weighted by atomic mass is 16.5. The number of ether oxygens (including phenoxy) is 1. The summed E-state index contributed by atoms with van der Waals surface area (Å²) in [4.78, 5) is 12.8. The third kappa shape index (κ3) is 2.72. The number of fused-ring (bicyclic) bond motifs is 1. The number of nitrogens with one attached hydrogen (secondary N) is 1. The fraction of sp³-hybridized carbons (Fsp3) is 0.409. The van der Waals surface area contributed by atoms with Gasteiger partial charge < -0.3 is 10.1 Å². The second-order valence-electron chi connectivity index (χ2n) is 7.52. The van der Waals surface area contributed by atoms with E-state index in [9.17, 15) is 4.79 Å². The van der Waals surface area contributed by atoms with Gasteiger partial charge in [-0.25, -0.2) is 0 Å². The summed E-state index contributed by atoms with van der Waals surface area (Å²) in [5.74, 6) is 1.06. The van der Waals surface area contributed by atoms with Crippen LogP contribution in [0.5, 0.6) is 5.75 Å². The van der Waals surface area contributed by atoms with Gasteiger partial charge in [0, 0.05) is 23.4 Å². The molecule has 25 heavy (non-hydrogen) atoms. The largest absolute Gasteiger partial charge is 0.489 e. The van der Waals surface area contributed by atoms with Gasteiger partial charge in [0.05, 0.1) is 5.56 Å². The van der Waals surface area contributed by atoms with Crippen LogP contribution in [0.3, 0.4) is 0 Å². The first-order valence-corrected chi connectivity index (χ1v) is 9.24. The Balaban J connectivity index is 1.52. The molecule has 1 aliphatic heterocycles. The fourth-order valence-electron chi connectivity index (χ4n) is 4.07. The molecule has 2 aliphatic rings. The van der Waals surface area contributed by atoms with Gasteiger partial charge >= 0.3 is 0 Å². The van der Waals surface area contributed by atoms with E-state index in [-0.39, 0.29) is 17.4 Å². The average molecular weight is 335 g/mol. The molecule has 1 N–H and O–H groups in total. The van der Waals surface area contributed by atoms with E-state index in [1.165, 1.54) is 12.0 Å². The Labute approximate surface area is 149 Å². The molecule has 130 valence electrons. The molecular formula is C22H25NO2. The maximum atomic E-state index is 12.8. The highest BCUT2D eigenvalue weighted by molar-refractivity contribution is 5.97. The lowest BCUT2D eigenvalue weighted by Crippen LogP contribution is -2.45. The second-order valence-corrected chi connectivity index (χ2v) is 7.52. The summed E-state index contributed by atoms with van der Waals surface area (Å²) in [5, 5.41) is 3.18. The molecule has 3 heteroatoms. The van der Waals surface area contributed by atoms with Crippen LogP contribution in [0.2, 0.25) is 0 Å². The van der Waals surface area contributed by atoms with Crippen molar-refractivity contribution in [3.05, 3.63) is 65.2 Å². The minimum Gasteiger partial charge on any atom is -0.489 e. The van der Waals surface area contributed by atoms with Gasteiger partial charge in [-0.15, -0.1) is 0 Å². The number of rotatable bonds is 4. The summed E-state index contributed by atoms with van der Waals surface area (Å²) in [5.41, 5.74) is 3.23. The van der Waals surface area contributed by atoms with E-state index in [1.54, 1.807) is 0 Å². The average Bonchev–Trinajstić information content (AvgIpc) is 2.89. The van der Waals surface area contributed by atoms with Crippen molar-refractivity contribution in [2.45, 2.75) is 50.5 Å². The van der Waals surface area contributed by atoms with Crippen LogP contribution in [0.1, 0.15) is 60.5 Å². The number of carbonyl (C=O) groups excluding carboxylic acids is 1. The summed E-state index contributed by atoms with van der Waals surface area (Å²) in [6.07, 6.45) is 3.61. The lowest BCUT2D eigenvalue weighted by atomic mass is 9.64. The highest BCUT2D eigenvalue weighted by Crippen LogP contribution is 2.43. The second kappa shape index (κ2) is 6.21. The van der Waals surface area contributed by atoms with Crippen LogP contribution < -0.4 is 10.1 Å². The molecule has 3 nitrogen and oxygen atoms in total. The Morgan fingerprint density at radius 1 is 1.12 bits per heavy atom. The minimum atomic E-state index is -0.0274. The summed E-state index contributed by atoms with van der Waals surface area (Å²) in [7, 11) is 0. The van der Waals surface area contributed by atoms with Crippen LogP contribution in [0.15, 0.2) is 48.5 Å². The van der Waals surface area contributed by atoms with Crippen molar-refractivity contribution in [2.24, 2.45) is 0 Å². The monoisotopic (exact) mass is 335 g/mol. The minimum absolute atomic E-state index is 0.0274. The molecule has 0 aromatic heterocycles. The number of para-hydroxylation sites is 1. The molecule has 1 heterocycles. The predicted molar refractivity (Wildman–Crippen MR) is 99.3 cm³/mol. The first-order chi connectivity index (χ1) is 12.1. The van der Waals surface area contributed by atoms with E-state index < -0.39 is 0 Å². The standard InChI is InChI=1S/C22H25NO2/c1-15-16(2)25-20-18(15)10-6-11-19(20)21(24)23-14-22(12-7-13-22)17-8-4-3-5-9-17/h3-6,8-11,15-16H,7,12-14H2,1-2H3,(H,23,24). The van der Waals surface area contributed by atoms with Crippen LogP contribution in [0.4, 0.5) is 0 Å². The molecule has 2 aromatic rings. The summed E-state index contributed by atoms with van der Waals surface area (Å²) in [6, 6.07) is 16.5. The molecule has 4 rings (SSSR count). The first-order valence-electron chi connectivity index (χ1n) is 9.24. The zero-order chi connectivity index (χ0) is 17.4. The summed E-state index contributed by atoms with van der Waals surface area (Å²) >= 11 is 0. The zero-order valence-corrected chi connectivity index (χ0v) is 14.9. The van der Waals surface area contributed by atoms with Gasteiger partial charge in [0.2, 0.25) is 0 Å². The summed E-state index contributed by atoms with van der Waals surface area (Å²) in [6.45, 7) is 4.90. The lowest BCUT2D eigenvalue weighted by molar-refractivity contribution is 0.0923. The maximum absolute atomic E-state index is 12.8. The van der Waals surface area contributed by atoms with Crippen molar-refractivity contribution in [1.29, 1.82) is 0 Å². The summed E-state index contributed by atoms with van der Waals surface area (Å²) < 4.78 is 5.97. The number of carbonyl (C=O) groups is 1. The molecule has 0 saturated heterocycles. The Morgan fingerprint density at radius 3 is 2.56 bits per heavy atom. The molecule has 0 radical (unpaired) electrons. The normalized spacial score (nSPS) is 23.3. The topological polar surface area (TPSA) is 38.3 Å². The lowest BCUT2D eigenvalue weighted by Gasteiger charge is -2.42. The van der Waals surface area contributed by atoms with Gasteiger partial charge in [0.1, 0.15) is 11.9 Å². The van der Waals surface area contributed by atoms with Gasteiger partial charge in [-0.2, -0.15) is 0 Å². The molecule has 1 saturated carbocycles. The van der Waals surface area contributed by atoms with Gasteiger partial charge in [-0.3, -0.25) is 4.79 Å². The van der Waals surface area contributed by atoms with Crippen LogP contribution in [0, 0.1) is 0 Å². The molecule has 1 fully saturated rings. The molecule has 0 spiro atoms. The zero-order valence-electron chi connectivity index (χ0n) is 14.9. The SMILES string of the molecule is CC1Oc2c(C(=O)NCC3(c4ccccc4)CCC3)cccc2C1C. The molecular weight excluding hydrogens is 310 g/mol. The van der Waals surface area contributed by atoms with E-state index in [2.05, 4.69) is 49.5 Å². The fourth-order valence-corrected chi connectivity index (χ4v) is 4.07. The molecule has 2 aromatic carbocycles. The Kier molecular flexibility index (Phi) is 4.03. The Bertz CT molecular complexity index is 780. The Hall–Kier alpha value is -2.29. The molecule has 1 aliphatic carbocycles. The van der Waals surface area contributed by atoms with E-state index in [0.29, 0.717) is 18.0 Å². The predicted octanol–water partition coefficient (Wildman–Crippen LogP) is 4.42. The number of hydrogen-bond acceptors (Lipinski definition) is 2. The van der Waals surface area contributed by atoms with Crippen molar-refractivity contribution in [1.82, 2.24) is 5.32 Å². The third-order valence-electron chi connectivity index (χ3n) is 6.07. The van der Waals surface area contributed by atoms with Gasteiger partial charge in [-0.1, -0.05) is 55.8 Å². The third-order valence-corrected chi connectivity index (χ3v) is 6.07. The van der Waals surface area contributed by atoms with E-state index in [4.69, 9.17) is 4.74 Å². The highest BCUT2D eigenvalue weighted by Gasteiger charge is 2.39. The van der Waals surface area contributed by atoms with Crippen LogP contribution in [-0.2, 0) is 5.41 Å². The van der Waals surface area contributed by atoms with Crippen molar-refractivity contribution in [2.75, 3.05) is 6.54 Å². The number of amides is 1. The van der Waals surface area contributed by atoms with E-state index in [1.807, 2.05) is 18.2 Å². The van der Waals surface area contributed by atoms with Crippen LogP contribution in [0.25, 0.3) is 0 Å². The van der Waals surface area contributed by atoms with Gasteiger partial charge in [-0.05, 0) is 31.4 Å². The molecule has 2 atom stereocenters. The molecule has 2 unspecified atom stereocenters. The Morgan fingerprint density at radius 2 is 1.88 bits per heavy atom. The van der Waals surface area contributed by atoms with Crippen molar-refractivity contribution in [3.63, 3.8) is 0 Å². The van der Waals surface area contributed by atoms with Crippen molar-refractivity contribution < 1.29 is 9.53 Å². The van der Waals surface area contributed by atoms with Crippen LogP contribution in [-0.4, -0.2) is 18.6 Å². The smallest absolute Gasteiger partial charge is 0.255 e. The quantitative estimate of drug-likeness (QED) is 0.898. The van der Waals surface area contributed by atoms with Crippen molar-refractivity contribution in [3.8, 4) is 5.75 Å². The maximum Gasteiger partial charge on any atom is 0.255 e. The molecule has 1 amide bonds. The number of benzene rings is 2.